The molecule has 1 fully saturated rings. The summed E-state index contributed by atoms with van der Waals surface area (Å²) in [7, 11) is 0. The molecule has 2 N–H and O–H groups in total. The molecule has 0 bridgehead atoms. The maximum absolute atomic E-state index is 5.07. The highest BCUT2D eigenvalue weighted by Gasteiger charge is 2.40. The number of aliphatic imine (C=N–C) groups is 1. The van der Waals surface area contributed by atoms with Gasteiger partial charge in [0.2, 0.25) is 0 Å². The molecule has 1 heterocycles. The fourth-order valence-corrected chi connectivity index (χ4v) is 4.23. The maximum Gasteiger partial charge on any atom is 0.127 e. The number of hydrogen-bond donors (Lipinski definition) is 2. The van der Waals surface area contributed by atoms with Crippen molar-refractivity contribution in [3.05, 3.63) is 59.2 Å². The lowest BCUT2D eigenvalue weighted by molar-refractivity contribution is 0.524. The van der Waals surface area contributed by atoms with Crippen molar-refractivity contribution >= 4 is 29.6 Å². The number of aryl methyl sites for hydroxylation is 2. The number of anilines is 2. The number of fused-ring (bicyclic) bond motifs is 1. The first-order chi connectivity index (χ1) is 12.7. The summed E-state index contributed by atoms with van der Waals surface area (Å²) in [5.74, 6) is 1.12. The van der Waals surface area contributed by atoms with Crippen molar-refractivity contribution < 1.29 is 0 Å². The summed E-state index contributed by atoms with van der Waals surface area (Å²) in [6.45, 7) is 5.09. The van der Waals surface area contributed by atoms with E-state index in [0.717, 1.165) is 30.9 Å². The Morgan fingerprint density at radius 3 is 2.19 bits per heavy atom. The lowest BCUT2D eigenvalue weighted by atomic mass is 9.85. The van der Waals surface area contributed by atoms with Gasteiger partial charge in [-0.1, -0.05) is 56.0 Å². The summed E-state index contributed by atoms with van der Waals surface area (Å²) in [4.78, 5) is 5.07. The quantitative estimate of drug-likeness (QED) is 0.642. The summed E-state index contributed by atoms with van der Waals surface area (Å²) >= 11 is 0. The molecule has 0 amide bonds. The van der Waals surface area contributed by atoms with E-state index in [4.69, 9.17) is 4.99 Å². The highest BCUT2D eigenvalue weighted by Crippen LogP contribution is 2.40. The predicted molar refractivity (Wildman–Crippen MR) is 118 cm³/mol. The van der Waals surface area contributed by atoms with Gasteiger partial charge in [0, 0.05) is 0 Å². The number of amidine groups is 1. The summed E-state index contributed by atoms with van der Waals surface area (Å²) < 4.78 is 0. The van der Waals surface area contributed by atoms with Crippen molar-refractivity contribution in [1.29, 1.82) is 0 Å². The van der Waals surface area contributed by atoms with Gasteiger partial charge in [-0.25, -0.2) is 0 Å². The Hall–Kier alpha value is -2.00. The van der Waals surface area contributed by atoms with E-state index in [-0.39, 0.29) is 17.9 Å². The van der Waals surface area contributed by atoms with E-state index in [1.165, 1.54) is 48.1 Å². The minimum atomic E-state index is -0.0417. The van der Waals surface area contributed by atoms with Crippen molar-refractivity contribution in [2.24, 2.45) is 4.99 Å². The second-order valence-electron chi connectivity index (χ2n) is 7.88. The van der Waals surface area contributed by atoms with Crippen molar-refractivity contribution in [2.75, 3.05) is 10.6 Å². The van der Waals surface area contributed by atoms with Gasteiger partial charge in [0.05, 0.1) is 23.5 Å². The Morgan fingerprint density at radius 2 is 1.52 bits per heavy atom. The molecule has 2 aliphatic rings. The van der Waals surface area contributed by atoms with Crippen LogP contribution in [0.4, 0.5) is 11.4 Å². The number of nitrogens with zero attached hydrogens (tertiary/aromatic N) is 1. The van der Waals surface area contributed by atoms with E-state index < -0.39 is 0 Å². The van der Waals surface area contributed by atoms with Crippen LogP contribution in [0.25, 0.3) is 0 Å². The van der Waals surface area contributed by atoms with Gasteiger partial charge in [0.1, 0.15) is 5.84 Å². The summed E-state index contributed by atoms with van der Waals surface area (Å²) in [6.07, 6.45) is 7.49. The smallest absolute Gasteiger partial charge is 0.127 e. The Labute approximate surface area is 169 Å². The van der Waals surface area contributed by atoms with Gasteiger partial charge >= 0.3 is 0 Å². The molecule has 0 unspecified atom stereocenters. The third-order valence-corrected chi connectivity index (χ3v) is 5.93. The van der Waals surface area contributed by atoms with Gasteiger partial charge in [-0.2, -0.15) is 0 Å². The molecule has 4 rings (SSSR count). The van der Waals surface area contributed by atoms with Gasteiger partial charge in [0.25, 0.3) is 0 Å². The monoisotopic (exact) mass is 383 g/mol. The highest BCUT2D eigenvalue weighted by molar-refractivity contribution is 6.09. The first-order valence-electron chi connectivity index (χ1n) is 9.92. The van der Waals surface area contributed by atoms with Gasteiger partial charge in [0.15, 0.2) is 0 Å². The highest BCUT2D eigenvalue weighted by atomic mass is 35.5. The van der Waals surface area contributed by atoms with Crippen LogP contribution in [0.1, 0.15) is 55.2 Å². The fourth-order valence-electron chi connectivity index (χ4n) is 4.23. The van der Waals surface area contributed by atoms with Crippen LogP contribution in [-0.4, -0.2) is 11.4 Å². The molecule has 1 spiro atoms. The zero-order valence-electron chi connectivity index (χ0n) is 16.3. The van der Waals surface area contributed by atoms with Crippen molar-refractivity contribution in [2.45, 2.75) is 64.5 Å². The SMILES string of the molecule is Cc1cc2c(cc1C)NC1(CCCCCC1)C(=NCc1ccccc1)N2.Cl. The molecular weight excluding hydrogens is 354 g/mol. The van der Waals surface area contributed by atoms with Gasteiger partial charge in [-0.05, 0) is 55.5 Å². The minimum Gasteiger partial charge on any atom is -0.371 e. The standard InChI is InChI=1S/C23H29N3.ClH/c1-17-14-20-21(15-18(17)2)26-23(12-8-3-4-9-13-23)22(25-20)24-16-19-10-6-5-7-11-19;/h5-7,10-11,14-15,26H,3-4,8-9,12-13,16H2,1-2H3,(H,24,25);1H. The molecule has 3 nitrogen and oxygen atoms in total. The molecule has 1 aliphatic carbocycles. The summed E-state index contributed by atoms with van der Waals surface area (Å²) in [5, 5.41) is 7.62. The summed E-state index contributed by atoms with van der Waals surface area (Å²) in [5.41, 5.74) is 6.27. The van der Waals surface area contributed by atoms with Crippen LogP contribution >= 0.6 is 12.4 Å². The van der Waals surface area contributed by atoms with Crippen molar-refractivity contribution in [3.8, 4) is 0 Å². The fraction of sp³-hybridized carbons (Fsp3) is 0.435. The van der Waals surface area contributed by atoms with E-state index >= 15 is 0 Å². The van der Waals surface area contributed by atoms with E-state index in [1.54, 1.807) is 0 Å². The molecule has 0 saturated heterocycles. The second-order valence-corrected chi connectivity index (χ2v) is 7.88. The van der Waals surface area contributed by atoms with E-state index in [1.807, 2.05) is 0 Å². The summed E-state index contributed by atoms with van der Waals surface area (Å²) in [6, 6.07) is 15.1. The van der Waals surface area contributed by atoms with Crippen LogP contribution in [0, 0.1) is 13.8 Å². The lowest BCUT2D eigenvalue weighted by Gasteiger charge is -2.41. The Morgan fingerprint density at radius 1 is 0.889 bits per heavy atom. The van der Waals surface area contributed by atoms with Gasteiger partial charge in [-0.15, -0.1) is 12.4 Å². The first-order valence-corrected chi connectivity index (χ1v) is 9.92. The molecular formula is C23H30ClN3. The number of nitrogens with one attached hydrogen (secondary N) is 2. The van der Waals surface area contributed by atoms with Crippen LogP contribution < -0.4 is 10.6 Å². The normalized spacial score (nSPS) is 19.4. The second kappa shape index (κ2) is 8.35. The molecule has 1 aliphatic heterocycles. The van der Waals surface area contributed by atoms with Gasteiger partial charge in [-0.3, -0.25) is 4.99 Å². The maximum atomic E-state index is 5.07. The van der Waals surface area contributed by atoms with Crippen molar-refractivity contribution in [1.82, 2.24) is 0 Å². The molecule has 4 heteroatoms. The van der Waals surface area contributed by atoms with Crippen LogP contribution in [0.15, 0.2) is 47.5 Å². The molecule has 27 heavy (non-hydrogen) atoms. The van der Waals surface area contributed by atoms with E-state index in [9.17, 15) is 0 Å². The zero-order valence-corrected chi connectivity index (χ0v) is 17.2. The zero-order chi connectivity index (χ0) is 18.0. The Bertz CT molecular complexity index is 806. The van der Waals surface area contributed by atoms with Crippen LogP contribution in [0.2, 0.25) is 0 Å². The van der Waals surface area contributed by atoms with Crippen LogP contribution in [-0.2, 0) is 6.54 Å². The molecule has 0 radical (unpaired) electrons. The molecule has 2 aromatic rings. The Kier molecular flexibility index (Phi) is 6.11. The average Bonchev–Trinajstić information content (AvgIpc) is 2.89. The Balaban J connectivity index is 0.00000210. The topological polar surface area (TPSA) is 36.4 Å². The predicted octanol–water partition coefficient (Wildman–Crippen LogP) is 6.25. The number of hydrogen-bond acceptors (Lipinski definition) is 2. The molecule has 1 saturated carbocycles. The largest absolute Gasteiger partial charge is 0.371 e. The molecule has 0 atom stereocenters. The van der Waals surface area contributed by atoms with Crippen LogP contribution in [0.3, 0.4) is 0 Å². The third-order valence-electron chi connectivity index (χ3n) is 5.93. The van der Waals surface area contributed by atoms with E-state index in [0.29, 0.717) is 0 Å². The number of halogens is 1. The average molecular weight is 384 g/mol. The van der Waals surface area contributed by atoms with Crippen LogP contribution in [0.5, 0.6) is 0 Å². The molecule has 144 valence electrons. The van der Waals surface area contributed by atoms with E-state index in [2.05, 4.69) is 66.9 Å². The number of benzene rings is 2. The molecule has 0 aromatic heterocycles. The number of rotatable bonds is 2. The third kappa shape index (κ3) is 4.14. The molecule has 2 aromatic carbocycles. The van der Waals surface area contributed by atoms with Crippen molar-refractivity contribution in [3.63, 3.8) is 0 Å². The minimum absolute atomic E-state index is 0. The van der Waals surface area contributed by atoms with Gasteiger partial charge < -0.3 is 10.6 Å². The lowest BCUT2D eigenvalue weighted by Crippen LogP contribution is -2.52. The first kappa shape index (κ1) is 19.8.